The molecule has 0 saturated heterocycles. The van der Waals surface area contributed by atoms with E-state index in [-0.39, 0.29) is 0 Å². The Bertz CT molecular complexity index is 1770. The van der Waals surface area contributed by atoms with Gasteiger partial charge in [-0.1, -0.05) is 228 Å². The summed E-state index contributed by atoms with van der Waals surface area (Å²) in [6, 6.07) is 47.7. The summed E-state index contributed by atoms with van der Waals surface area (Å²) < 4.78 is 0. The summed E-state index contributed by atoms with van der Waals surface area (Å²) in [6.45, 7) is 30.1. The third-order valence-corrected chi connectivity index (χ3v) is 41.5. The van der Waals surface area contributed by atoms with Gasteiger partial charge in [0.2, 0.25) is 0 Å². The van der Waals surface area contributed by atoms with Gasteiger partial charge in [-0.05, 0) is 103 Å². The van der Waals surface area contributed by atoms with Crippen LogP contribution < -0.4 is 0 Å². The molecule has 0 bridgehead atoms. The van der Waals surface area contributed by atoms with Crippen molar-refractivity contribution in [2.45, 2.75) is 205 Å². The van der Waals surface area contributed by atoms with Crippen molar-refractivity contribution >= 4 is 75.4 Å². The Morgan fingerprint density at radius 2 is 0.431 bits per heavy atom. The van der Waals surface area contributed by atoms with Gasteiger partial charge in [-0.25, -0.2) is 0 Å². The molecule has 0 aliphatic carbocycles. The molecule has 0 aromatic heterocycles. The quantitative estimate of drug-likeness (QED) is 0.0429. The molecule has 0 amide bonds. The van der Waals surface area contributed by atoms with Gasteiger partial charge in [0.05, 0.1) is 32.3 Å². The Balaban J connectivity index is 1.94. The standard InChI is InChI=1S/C54H86Si4/c1-13-55(14-2,15-3)37-33-47-43-29-25-26-30-44(43)48(34-38-56(16-4,17-5)18-6)52-42-54-50(36-40-58(22-10,23-11)24-12)46-32-28-27-31-45(46)49(53(54)41-51(47)52)35-39-57(19-7,20-8)21-9/h25-32,41-42H,13-24,33-40H2,1-12H3. The topological polar surface area (TPSA) is 0 Å². The highest BCUT2D eigenvalue weighted by atomic mass is 28.3. The molecule has 0 spiro atoms. The van der Waals surface area contributed by atoms with Gasteiger partial charge in [-0.15, -0.1) is 0 Å². The first-order valence-corrected chi connectivity index (χ1v) is 36.2. The van der Waals surface area contributed by atoms with Crippen molar-refractivity contribution < 1.29 is 0 Å². The molecule has 4 heteroatoms. The van der Waals surface area contributed by atoms with E-state index in [2.05, 4.69) is 144 Å². The number of benzene rings is 5. The SMILES string of the molecule is CC[Si](CC)(CC)CCc1c2ccccc2c(CC[Si](CC)(CC)CC)c2cc3c(CC[Si](CC)(CC)CC)c4ccccc4c(CC[Si](CC)(CC)CC)c3cc12. The lowest BCUT2D eigenvalue weighted by Gasteiger charge is -2.31. The van der Waals surface area contributed by atoms with Crippen LogP contribution in [0.15, 0.2) is 60.7 Å². The highest BCUT2D eigenvalue weighted by Gasteiger charge is 2.32. The lowest BCUT2D eigenvalue weighted by atomic mass is 9.84. The average Bonchev–Trinajstić information content (AvgIpc) is 3.28. The smallest absolute Gasteiger partial charge is 0.0530 e. The first kappa shape index (κ1) is 47.1. The van der Waals surface area contributed by atoms with Gasteiger partial charge in [0.1, 0.15) is 0 Å². The summed E-state index contributed by atoms with van der Waals surface area (Å²) in [5.74, 6) is 0. The second kappa shape index (κ2) is 20.7. The van der Waals surface area contributed by atoms with Crippen LogP contribution in [0.5, 0.6) is 0 Å². The maximum atomic E-state index is 2.83. The van der Waals surface area contributed by atoms with Gasteiger partial charge in [-0.3, -0.25) is 0 Å². The van der Waals surface area contributed by atoms with Crippen LogP contribution in [-0.4, -0.2) is 32.3 Å². The zero-order valence-corrected chi connectivity index (χ0v) is 43.9. The molecule has 0 N–H and O–H groups in total. The van der Waals surface area contributed by atoms with Crippen LogP contribution >= 0.6 is 0 Å². The van der Waals surface area contributed by atoms with Crippen LogP contribution in [0.4, 0.5) is 0 Å². The molecule has 5 aromatic carbocycles. The summed E-state index contributed by atoms with van der Waals surface area (Å²) in [6.07, 6.45) is 4.92. The van der Waals surface area contributed by atoms with Crippen LogP contribution in [-0.2, 0) is 25.7 Å². The van der Waals surface area contributed by atoms with E-state index in [4.69, 9.17) is 0 Å². The van der Waals surface area contributed by atoms with Gasteiger partial charge < -0.3 is 0 Å². The zero-order chi connectivity index (χ0) is 42.1. The molecule has 0 radical (unpaired) electrons. The van der Waals surface area contributed by atoms with Crippen molar-refractivity contribution in [1.82, 2.24) is 0 Å². The molecule has 0 nitrogen and oxygen atoms in total. The molecule has 0 fully saturated rings. The van der Waals surface area contributed by atoms with Gasteiger partial charge in [0.15, 0.2) is 0 Å². The number of hydrogen-bond donors (Lipinski definition) is 0. The van der Waals surface area contributed by atoms with Crippen molar-refractivity contribution in [3.63, 3.8) is 0 Å². The van der Waals surface area contributed by atoms with E-state index < -0.39 is 32.3 Å². The predicted molar refractivity (Wildman–Crippen MR) is 279 cm³/mol. The van der Waals surface area contributed by atoms with Crippen molar-refractivity contribution in [1.29, 1.82) is 0 Å². The lowest BCUT2D eigenvalue weighted by molar-refractivity contribution is 1.02. The maximum absolute atomic E-state index is 2.83. The summed E-state index contributed by atoms with van der Waals surface area (Å²) >= 11 is 0. The Labute approximate surface area is 361 Å². The minimum absolute atomic E-state index is 1.23. The highest BCUT2D eigenvalue weighted by Crippen LogP contribution is 2.44. The second-order valence-electron chi connectivity index (χ2n) is 19.2. The summed E-state index contributed by atoms with van der Waals surface area (Å²) in [7, 11) is -5.30. The Kier molecular flexibility index (Phi) is 16.8. The number of rotatable bonds is 24. The fourth-order valence-electron chi connectivity index (χ4n) is 12.0. The van der Waals surface area contributed by atoms with E-state index >= 15 is 0 Å². The molecule has 318 valence electrons. The average molecular weight is 848 g/mol. The first-order chi connectivity index (χ1) is 28.0. The molecule has 0 unspecified atom stereocenters. The zero-order valence-electron chi connectivity index (χ0n) is 39.9. The number of fused-ring (bicyclic) bond motifs is 4. The summed E-state index contributed by atoms with van der Waals surface area (Å²) in [5, 5.41) is 12.7. The Morgan fingerprint density at radius 1 is 0.259 bits per heavy atom. The fourth-order valence-corrected chi connectivity index (χ4v) is 25.3. The first-order valence-electron chi connectivity index (χ1n) is 24.9. The second-order valence-corrected chi connectivity index (χ2v) is 41.7. The molecule has 0 saturated carbocycles. The van der Waals surface area contributed by atoms with Crippen LogP contribution in [0.1, 0.15) is 105 Å². The van der Waals surface area contributed by atoms with E-state index in [1.165, 1.54) is 122 Å². The minimum Gasteiger partial charge on any atom is -0.0678 e. The van der Waals surface area contributed by atoms with Crippen molar-refractivity contribution in [3.05, 3.63) is 82.9 Å². The van der Waals surface area contributed by atoms with Crippen LogP contribution in [0.2, 0.25) is 96.7 Å². The molecule has 0 aliphatic rings. The molecular weight excluding hydrogens is 761 g/mol. The van der Waals surface area contributed by atoms with Crippen LogP contribution in [0.3, 0.4) is 0 Å². The maximum Gasteiger partial charge on any atom is 0.0530 e. The third kappa shape index (κ3) is 9.26. The normalized spacial score (nSPS) is 13.2. The largest absolute Gasteiger partial charge is 0.0678 e. The molecular formula is C54H86Si4. The molecule has 0 aliphatic heterocycles. The van der Waals surface area contributed by atoms with Crippen molar-refractivity contribution in [2.75, 3.05) is 0 Å². The van der Waals surface area contributed by atoms with E-state index in [1.54, 1.807) is 65.3 Å². The molecule has 0 atom stereocenters. The Morgan fingerprint density at radius 3 is 0.586 bits per heavy atom. The minimum atomic E-state index is -1.33. The van der Waals surface area contributed by atoms with E-state index in [0.29, 0.717) is 0 Å². The predicted octanol–water partition coefficient (Wildman–Crippen LogP) is 18.5. The third-order valence-electron chi connectivity index (χ3n) is 18.2. The van der Waals surface area contributed by atoms with E-state index in [0.717, 1.165) is 0 Å². The number of hydrogen-bond acceptors (Lipinski definition) is 0. The van der Waals surface area contributed by atoms with Gasteiger partial charge >= 0.3 is 0 Å². The summed E-state index contributed by atoms with van der Waals surface area (Å²) in [4.78, 5) is 0. The lowest BCUT2D eigenvalue weighted by Crippen LogP contribution is -2.32. The van der Waals surface area contributed by atoms with Crippen molar-refractivity contribution in [3.8, 4) is 0 Å². The fraction of sp³-hybridized carbons (Fsp3) is 0.593. The van der Waals surface area contributed by atoms with E-state index in [1.807, 2.05) is 0 Å². The van der Waals surface area contributed by atoms with Gasteiger partial charge in [-0.2, -0.15) is 0 Å². The van der Waals surface area contributed by atoms with E-state index in [9.17, 15) is 0 Å². The monoisotopic (exact) mass is 847 g/mol. The van der Waals surface area contributed by atoms with Crippen LogP contribution in [0.25, 0.3) is 43.1 Å². The Hall–Kier alpha value is -1.99. The molecule has 5 rings (SSSR count). The number of aryl methyl sites for hydroxylation is 4. The van der Waals surface area contributed by atoms with Crippen molar-refractivity contribution in [2.24, 2.45) is 0 Å². The van der Waals surface area contributed by atoms with Gasteiger partial charge in [0.25, 0.3) is 0 Å². The molecule has 0 heterocycles. The molecule has 58 heavy (non-hydrogen) atoms. The van der Waals surface area contributed by atoms with Gasteiger partial charge in [0, 0.05) is 0 Å². The van der Waals surface area contributed by atoms with Crippen LogP contribution in [0, 0.1) is 0 Å². The summed E-state index contributed by atoms with van der Waals surface area (Å²) in [5.41, 5.74) is 6.68. The highest BCUT2D eigenvalue weighted by molar-refractivity contribution is 6.81. The molecule has 5 aromatic rings.